The fourth-order valence-corrected chi connectivity index (χ4v) is 3.14. The Labute approximate surface area is 122 Å². The number of amidine groups is 1. The zero-order valence-electron chi connectivity index (χ0n) is 13.0. The Bertz CT molecular complexity index is 467. The molecule has 3 nitrogen and oxygen atoms in total. The first kappa shape index (κ1) is 14.9. The summed E-state index contributed by atoms with van der Waals surface area (Å²) >= 11 is 0. The molecule has 0 fully saturated rings. The van der Waals surface area contributed by atoms with E-state index in [-0.39, 0.29) is 6.17 Å². The van der Waals surface area contributed by atoms with Crippen molar-refractivity contribution in [3.05, 3.63) is 29.8 Å². The average Bonchev–Trinajstić information content (AvgIpc) is 2.47. The van der Waals surface area contributed by atoms with Gasteiger partial charge in [0.25, 0.3) is 0 Å². The lowest BCUT2D eigenvalue weighted by Gasteiger charge is -2.37. The normalized spacial score (nSPS) is 19.4. The smallest absolute Gasteiger partial charge is 0.130 e. The summed E-state index contributed by atoms with van der Waals surface area (Å²) in [5.74, 6) is 1.29. The highest BCUT2D eigenvalue weighted by molar-refractivity contribution is 6.04. The van der Waals surface area contributed by atoms with Crippen molar-refractivity contribution in [3.8, 4) is 0 Å². The lowest BCUT2D eigenvalue weighted by Crippen LogP contribution is -2.42. The summed E-state index contributed by atoms with van der Waals surface area (Å²) < 4.78 is 0. The van der Waals surface area contributed by atoms with Gasteiger partial charge in [0.1, 0.15) is 12.0 Å². The summed E-state index contributed by atoms with van der Waals surface area (Å²) in [6.45, 7) is 4.50. The molecule has 0 aliphatic carbocycles. The number of hydrogen-bond acceptors (Lipinski definition) is 3. The molecule has 1 aromatic rings. The first-order valence-electron chi connectivity index (χ1n) is 7.84. The van der Waals surface area contributed by atoms with Gasteiger partial charge in [-0.1, -0.05) is 45.2 Å². The molecule has 0 bridgehead atoms. The highest BCUT2D eigenvalue weighted by Crippen LogP contribution is 2.32. The maximum Gasteiger partial charge on any atom is 0.130 e. The predicted molar refractivity (Wildman–Crippen MR) is 87.3 cm³/mol. The number of fused-ring (bicyclic) bond motifs is 1. The minimum absolute atomic E-state index is 0.191. The maximum atomic E-state index is 6.18. The quantitative estimate of drug-likeness (QED) is 0.857. The Hall–Kier alpha value is -1.51. The number of nitrogens with two attached hydrogens (primary N) is 1. The second-order valence-electron chi connectivity index (χ2n) is 5.75. The molecule has 0 spiro atoms. The molecule has 1 heterocycles. The molecule has 0 saturated carbocycles. The van der Waals surface area contributed by atoms with Crippen molar-refractivity contribution in [2.24, 2.45) is 16.6 Å². The largest absolute Gasteiger partial charge is 0.383 e. The zero-order chi connectivity index (χ0) is 14.5. The molecular formula is C17H27N3. The van der Waals surface area contributed by atoms with Crippen LogP contribution < -0.4 is 10.6 Å². The van der Waals surface area contributed by atoms with E-state index in [1.54, 1.807) is 0 Å². The maximum absolute atomic E-state index is 6.18. The van der Waals surface area contributed by atoms with Crippen molar-refractivity contribution >= 4 is 11.5 Å². The Kier molecular flexibility index (Phi) is 5.05. The minimum atomic E-state index is 0.191. The van der Waals surface area contributed by atoms with Crippen molar-refractivity contribution in [2.75, 3.05) is 11.9 Å². The molecule has 0 amide bonds. The number of rotatable bonds is 6. The van der Waals surface area contributed by atoms with Gasteiger partial charge < -0.3 is 10.6 Å². The third-order valence-electron chi connectivity index (χ3n) is 4.24. The lowest BCUT2D eigenvalue weighted by molar-refractivity contribution is 0.352. The van der Waals surface area contributed by atoms with E-state index in [1.165, 1.54) is 37.8 Å². The molecule has 2 rings (SSSR count). The predicted octanol–water partition coefficient (Wildman–Crippen LogP) is 3.77. The second kappa shape index (κ2) is 6.78. The van der Waals surface area contributed by atoms with Crippen LogP contribution in [0.2, 0.25) is 0 Å². The minimum Gasteiger partial charge on any atom is -0.383 e. The molecule has 0 aromatic heterocycles. The third kappa shape index (κ3) is 2.97. The monoisotopic (exact) mass is 273 g/mol. The fraction of sp³-hybridized carbons (Fsp3) is 0.588. The van der Waals surface area contributed by atoms with Gasteiger partial charge in [-0.3, -0.25) is 0 Å². The van der Waals surface area contributed by atoms with E-state index in [1.807, 2.05) is 6.07 Å². The van der Waals surface area contributed by atoms with Gasteiger partial charge in [0, 0.05) is 18.3 Å². The van der Waals surface area contributed by atoms with E-state index in [0.29, 0.717) is 11.8 Å². The fourth-order valence-electron chi connectivity index (χ4n) is 3.14. The van der Waals surface area contributed by atoms with Gasteiger partial charge in [-0.15, -0.1) is 0 Å². The Morgan fingerprint density at radius 3 is 2.65 bits per heavy atom. The van der Waals surface area contributed by atoms with Crippen LogP contribution in [-0.2, 0) is 0 Å². The van der Waals surface area contributed by atoms with E-state index in [9.17, 15) is 0 Å². The van der Waals surface area contributed by atoms with Gasteiger partial charge >= 0.3 is 0 Å². The highest BCUT2D eigenvalue weighted by Gasteiger charge is 2.29. The van der Waals surface area contributed by atoms with Gasteiger partial charge in [-0.25, -0.2) is 4.99 Å². The van der Waals surface area contributed by atoms with Gasteiger partial charge in [0.15, 0.2) is 0 Å². The first-order chi connectivity index (χ1) is 9.69. The van der Waals surface area contributed by atoms with Crippen LogP contribution >= 0.6 is 0 Å². The summed E-state index contributed by atoms with van der Waals surface area (Å²) in [6, 6.07) is 8.30. The molecule has 1 aliphatic heterocycles. The highest BCUT2D eigenvalue weighted by atomic mass is 15.3. The molecule has 1 aromatic carbocycles. The zero-order valence-corrected chi connectivity index (χ0v) is 13.0. The SMILES string of the molecule is CCCC[C@@H](CCC)C1N=C(N)c2ccccc2N1C. The van der Waals surface area contributed by atoms with Crippen LogP contribution in [-0.4, -0.2) is 19.0 Å². The van der Waals surface area contributed by atoms with E-state index < -0.39 is 0 Å². The van der Waals surface area contributed by atoms with E-state index in [0.717, 1.165) is 5.56 Å². The van der Waals surface area contributed by atoms with Gasteiger partial charge in [0.2, 0.25) is 0 Å². The number of anilines is 1. The lowest BCUT2D eigenvalue weighted by atomic mass is 9.92. The summed E-state index contributed by atoms with van der Waals surface area (Å²) in [5.41, 5.74) is 8.46. The Balaban J connectivity index is 2.26. The molecular weight excluding hydrogens is 246 g/mol. The number of para-hydroxylation sites is 1. The summed E-state index contributed by atoms with van der Waals surface area (Å²) in [5, 5.41) is 0. The molecule has 1 unspecified atom stereocenters. The van der Waals surface area contributed by atoms with Crippen molar-refractivity contribution in [3.63, 3.8) is 0 Å². The van der Waals surface area contributed by atoms with Gasteiger partial charge in [-0.2, -0.15) is 0 Å². The molecule has 0 radical (unpaired) electrons. The third-order valence-corrected chi connectivity index (χ3v) is 4.24. The van der Waals surface area contributed by atoms with Crippen molar-refractivity contribution in [1.82, 2.24) is 0 Å². The van der Waals surface area contributed by atoms with Crippen LogP contribution in [0.3, 0.4) is 0 Å². The standard InChI is InChI=1S/C17H27N3/c1-4-6-10-13(9-5-2)17-19-16(18)14-11-7-8-12-15(14)20(17)3/h7-8,11-13,17H,4-6,9-10H2,1-3H3,(H2,18,19)/t13-,17?/m1/s1. The number of nitrogens with zero attached hydrogens (tertiary/aromatic N) is 2. The van der Waals surface area contributed by atoms with E-state index in [4.69, 9.17) is 10.7 Å². The number of aliphatic imine (C=N–C) groups is 1. The number of unbranched alkanes of at least 4 members (excludes halogenated alkanes) is 1. The molecule has 2 N–H and O–H groups in total. The molecule has 20 heavy (non-hydrogen) atoms. The molecule has 0 saturated heterocycles. The van der Waals surface area contributed by atoms with Crippen molar-refractivity contribution < 1.29 is 0 Å². The first-order valence-corrected chi connectivity index (χ1v) is 7.84. The van der Waals surface area contributed by atoms with Crippen LogP contribution in [0, 0.1) is 5.92 Å². The number of benzene rings is 1. The van der Waals surface area contributed by atoms with E-state index >= 15 is 0 Å². The number of hydrogen-bond donors (Lipinski definition) is 1. The molecule has 110 valence electrons. The van der Waals surface area contributed by atoms with Crippen LogP contribution in [0.4, 0.5) is 5.69 Å². The topological polar surface area (TPSA) is 41.6 Å². The van der Waals surface area contributed by atoms with Crippen LogP contribution in [0.15, 0.2) is 29.3 Å². The Morgan fingerprint density at radius 1 is 1.20 bits per heavy atom. The second-order valence-corrected chi connectivity index (χ2v) is 5.75. The van der Waals surface area contributed by atoms with Gasteiger partial charge in [-0.05, 0) is 30.9 Å². The van der Waals surface area contributed by atoms with E-state index in [2.05, 4.69) is 44.0 Å². The Morgan fingerprint density at radius 2 is 1.95 bits per heavy atom. The molecule has 2 atom stereocenters. The van der Waals surface area contributed by atoms with Crippen LogP contribution in [0.1, 0.15) is 51.5 Å². The summed E-state index contributed by atoms with van der Waals surface area (Å²) in [7, 11) is 2.15. The van der Waals surface area contributed by atoms with Gasteiger partial charge in [0.05, 0.1) is 0 Å². The van der Waals surface area contributed by atoms with Crippen molar-refractivity contribution in [1.29, 1.82) is 0 Å². The summed E-state index contributed by atoms with van der Waals surface area (Å²) in [4.78, 5) is 7.10. The molecule has 1 aliphatic rings. The van der Waals surface area contributed by atoms with Crippen LogP contribution in [0.25, 0.3) is 0 Å². The average molecular weight is 273 g/mol. The molecule has 3 heteroatoms. The van der Waals surface area contributed by atoms with Crippen molar-refractivity contribution in [2.45, 2.75) is 52.1 Å². The summed E-state index contributed by atoms with van der Waals surface area (Å²) in [6.07, 6.45) is 6.36. The van der Waals surface area contributed by atoms with Crippen LogP contribution in [0.5, 0.6) is 0 Å².